The van der Waals surface area contributed by atoms with E-state index in [1.807, 2.05) is 66.7 Å². The predicted molar refractivity (Wildman–Crippen MR) is 190 cm³/mol. The summed E-state index contributed by atoms with van der Waals surface area (Å²) < 4.78 is 26.6. The van der Waals surface area contributed by atoms with Crippen LogP contribution >= 0.6 is 0 Å². The monoisotopic (exact) mass is 605 g/mol. The number of furan rings is 4. The fourth-order valence-electron chi connectivity index (χ4n) is 7.45. The Kier molecular flexibility index (Phi) is 4.78. The molecule has 0 aliphatic heterocycles. The van der Waals surface area contributed by atoms with Crippen LogP contribution in [0.4, 0.5) is 17.1 Å². The summed E-state index contributed by atoms with van der Waals surface area (Å²) in [4.78, 5) is 2.26. The number of hydrogen-bond donors (Lipinski definition) is 0. The van der Waals surface area contributed by atoms with E-state index in [1.54, 1.807) is 0 Å². The first-order valence-corrected chi connectivity index (χ1v) is 15.7. The van der Waals surface area contributed by atoms with Crippen molar-refractivity contribution in [2.24, 2.45) is 0 Å². The van der Waals surface area contributed by atoms with Crippen LogP contribution in [0.3, 0.4) is 0 Å². The first-order valence-electron chi connectivity index (χ1n) is 15.7. The molecule has 0 aliphatic rings. The van der Waals surface area contributed by atoms with Gasteiger partial charge in [0, 0.05) is 38.4 Å². The molecule has 47 heavy (non-hydrogen) atoms. The van der Waals surface area contributed by atoms with Crippen molar-refractivity contribution in [2.75, 3.05) is 4.90 Å². The number of anilines is 3. The van der Waals surface area contributed by atoms with E-state index in [-0.39, 0.29) is 0 Å². The second-order valence-electron chi connectivity index (χ2n) is 12.0. The average molecular weight is 606 g/mol. The summed E-state index contributed by atoms with van der Waals surface area (Å²) in [6.07, 6.45) is 0. The van der Waals surface area contributed by atoms with Crippen LogP contribution in [0.2, 0.25) is 0 Å². The summed E-state index contributed by atoms with van der Waals surface area (Å²) in [6.45, 7) is 0. The fourth-order valence-corrected chi connectivity index (χ4v) is 7.45. The smallest absolute Gasteiger partial charge is 0.159 e. The third-order valence-electron chi connectivity index (χ3n) is 9.46. The highest BCUT2D eigenvalue weighted by molar-refractivity contribution is 6.27. The van der Waals surface area contributed by atoms with Crippen molar-refractivity contribution >= 4 is 105 Å². The lowest BCUT2D eigenvalue weighted by Crippen LogP contribution is -2.11. The van der Waals surface area contributed by atoms with E-state index in [4.69, 9.17) is 17.7 Å². The number of rotatable bonds is 3. The Labute approximate surface area is 266 Å². The van der Waals surface area contributed by atoms with E-state index < -0.39 is 0 Å². The van der Waals surface area contributed by atoms with Crippen LogP contribution in [0, 0.1) is 0 Å². The van der Waals surface area contributed by atoms with Gasteiger partial charge in [-0.25, -0.2) is 0 Å². The Balaban J connectivity index is 1.35. The van der Waals surface area contributed by atoms with Gasteiger partial charge in [0.15, 0.2) is 11.2 Å². The molecule has 5 nitrogen and oxygen atoms in total. The highest BCUT2D eigenvalue weighted by Crippen LogP contribution is 2.51. The highest BCUT2D eigenvalue weighted by Gasteiger charge is 2.28. The van der Waals surface area contributed by atoms with E-state index in [0.29, 0.717) is 0 Å². The molecule has 0 atom stereocenters. The molecule has 7 aromatic carbocycles. The number of fused-ring (bicyclic) bond motifs is 13. The van der Waals surface area contributed by atoms with Crippen LogP contribution in [0.15, 0.2) is 157 Å². The average Bonchev–Trinajstić information content (AvgIpc) is 3.88. The lowest BCUT2D eigenvalue weighted by atomic mass is 10.0. The van der Waals surface area contributed by atoms with Crippen molar-refractivity contribution < 1.29 is 17.7 Å². The summed E-state index contributed by atoms with van der Waals surface area (Å²) in [5.41, 5.74) is 9.05. The van der Waals surface area contributed by atoms with Crippen LogP contribution < -0.4 is 4.90 Å². The van der Waals surface area contributed by atoms with Gasteiger partial charge in [-0.2, -0.15) is 0 Å². The molecule has 0 radical (unpaired) electrons. The highest BCUT2D eigenvalue weighted by atomic mass is 16.3. The SMILES string of the molecule is c1ccc2c(c1)oc1c(N(c3cccc4c3oc3ccccc34)c3cc4oc5ccccc5c4c4oc5ccccc5c34)cccc12. The first kappa shape index (κ1) is 24.8. The molecule has 0 N–H and O–H groups in total. The van der Waals surface area contributed by atoms with Gasteiger partial charge < -0.3 is 22.6 Å². The van der Waals surface area contributed by atoms with Gasteiger partial charge in [-0.3, -0.25) is 0 Å². The largest absolute Gasteiger partial charge is 0.456 e. The maximum absolute atomic E-state index is 6.73. The summed E-state index contributed by atoms with van der Waals surface area (Å²) in [7, 11) is 0. The van der Waals surface area contributed by atoms with Crippen LogP contribution in [-0.2, 0) is 0 Å². The molecule has 0 bridgehead atoms. The summed E-state index contributed by atoms with van der Waals surface area (Å²) in [5.74, 6) is 0. The summed E-state index contributed by atoms with van der Waals surface area (Å²) >= 11 is 0. The van der Waals surface area contributed by atoms with E-state index in [2.05, 4.69) is 77.7 Å². The molecule has 0 aliphatic carbocycles. The predicted octanol–water partition coefficient (Wildman–Crippen LogP) is 12.8. The lowest BCUT2D eigenvalue weighted by molar-refractivity contribution is 0.661. The minimum Gasteiger partial charge on any atom is -0.456 e. The van der Waals surface area contributed by atoms with E-state index >= 15 is 0 Å². The van der Waals surface area contributed by atoms with Crippen molar-refractivity contribution in [3.63, 3.8) is 0 Å². The lowest BCUT2D eigenvalue weighted by Gasteiger charge is -2.26. The van der Waals surface area contributed by atoms with Crippen molar-refractivity contribution in [2.45, 2.75) is 0 Å². The molecule has 0 unspecified atom stereocenters. The molecular weight excluding hydrogens is 582 g/mol. The van der Waals surface area contributed by atoms with Gasteiger partial charge in [-0.15, -0.1) is 0 Å². The third-order valence-corrected chi connectivity index (χ3v) is 9.46. The fraction of sp³-hybridized carbons (Fsp3) is 0. The van der Waals surface area contributed by atoms with Crippen molar-refractivity contribution in [3.05, 3.63) is 140 Å². The van der Waals surface area contributed by atoms with E-state index in [1.165, 1.54) is 0 Å². The Morgan fingerprint density at radius 3 is 1.30 bits per heavy atom. The molecule has 0 fully saturated rings. The second kappa shape index (κ2) is 9.05. The summed E-state index contributed by atoms with van der Waals surface area (Å²) in [5, 5.41) is 8.19. The van der Waals surface area contributed by atoms with E-state index in [0.717, 1.165) is 105 Å². The van der Waals surface area contributed by atoms with Gasteiger partial charge >= 0.3 is 0 Å². The molecule has 4 heterocycles. The zero-order valence-electron chi connectivity index (χ0n) is 24.9. The Morgan fingerprint density at radius 1 is 0.298 bits per heavy atom. The maximum Gasteiger partial charge on any atom is 0.159 e. The van der Waals surface area contributed by atoms with Crippen LogP contribution in [-0.4, -0.2) is 0 Å². The molecule has 0 spiro atoms. The summed E-state index contributed by atoms with van der Waals surface area (Å²) in [6, 6.07) is 47.5. The number of para-hydroxylation sites is 6. The Hall–Kier alpha value is -6.46. The first-order chi connectivity index (χ1) is 23.3. The van der Waals surface area contributed by atoms with Gasteiger partial charge in [0.2, 0.25) is 0 Å². The van der Waals surface area contributed by atoms with Gasteiger partial charge in [-0.1, -0.05) is 97.1 Å². The van der Waals surface area contributed by atoms with Crippen LogP contribution in [0.25, 0.3) is 87.8 Å². The molecule has 220 valence electrons. The third kappa shape index (κ3) is 3.32. The number of hydrogen-bond acceptors (Lipinski definition) is 5. The molecule has 0 saturated heterocycles. The van der Waals surface area contributed by atoms with Crippen molar-refractivity contribution in [3.8, 4) is 0 Å². The standard InChI is InChI=1S/C42H23NO4/c1-5-19-33-24(11-1)26-15-9-17-30(40(26)45-33)43(31-18-10-16-27-25-12-2-6-20-34(25)46-41(27)31)32-23-37-39(29-14-4-7-21-35(29)44-37)42-38(32)28-13-3-8-22-36(28)47-42/h1-23H. The molecule has 0 saturated carbocycles. The zero-order chi connectivity index (χ0) is 30.6. The molecule has 11 rings (SSSR count). The van der Waals surface area contributed by atoms with Crippen molar-refractivity contribution in [1.29, 1.82) is 0 Å². The number of nitrogens with zero attached hydrogens (tertiary/aromatic N) is 1. The quantitative estimate of drug-likeness (QED) is 0.201. The topological polar surface area (TPSA) is 55.8 Å². The van der Waals surface area contributed by atoms with Crippen LogP contribution in [0.1, 0.15) is 0 Å². The van der Waals surface area contributed by atoms with Gasteiger partial charge in [-0.05, 0) is 36.4 Å². The molecule has 4 aromatic heterocycles. The molecule has 5 heteroatoms. The van der Waals surface area contributed by atoms with Gasteiger partial charge in [0.1, 0.15) is 33.5 Å². The van der Waals surface area contributed by atoms with Crippen molar-refractivity contribution in [1.82, 2.24) is 0 Å². The van der Waals surface area contributed by atoms with Crippen LogP contribution in [0.5, 0.6) is 0 Å². The molecule has 0 amide bonds. The normalized spacial score (nSPS) is 12.3. The minimum atomic E-state index is 0.742. The Bertz CT molecular complexity index is 2930. The number of benzene rings is 7. The van der Waals surface area contributed by atoms with Gasteiger partial charge in [0.25, 0.3) is 0 Å². The second-order valence-corrected chi connectivity index (χ2v) is 12.0. The van der Waals surface area contributed by atoms with Gasteiger partial charge in [0.05, 0.1) is 27.8 Å². The maximum atomic E-state index is 6.73. The molecule has 11 aromatic rings. The molecular formula is C42H23NO4. The van der Waals surface area contributed by atoms with E-state index in [9.17, 15) is 0 Å². The zero-order valence-corrected chi connectivity index (χ0v) is 24.9. The Morgan fingerprint density at radius 2 is 0.723 bits per heavy atom. The minimum absolute atomic E-state index is 0.742.